The van der Waals surface area contributed by atoms with Crippen LogP contribution in [0.5, 0.6) is 11.5 Å². The molecule has 0 aromatic heterocycles. The molecule has 2 N–H and O–H groups in total. The second-order valence-corrected chi connectivity index (χ2v) is 6.73. The molecule has 2 aromatic carbocycles. The Balaban J connectivity index is 2.06. The van der Waals surface area contributed by atoms with Crippen LogP contribution in [0.4, 0.5) is 4.79 Å². The van der Waals surface area contributed by atoms with Crippen molar-refractivity contribution in [2.75, 3.05) is 20.8 Å². The number of amides is 1. The molecule has 0 unspecified atom stereocenters. The maximum Gasteiger partial charge on any atom is 0.421 e. The smallest absolute Gasteiger partial charge is 0.421 e. The van der Waals surface area contributed by atoms with Crippen molar-refractivity contribution in [2.24, 2.45) is 0 Å². The lowest BCUT2D eigenvalue weighted by Crippen LogP contribution is -2.59. The lowest BCUT2D eigenvalue weighted by atomic mass is 9.93. The number of hydrogen-bond acceptors (Lipinski definition) is 7. The van der Waals surface area contributed by atoms with Gasteiger partial charge in [-0.3, -0.25) is 5.43 Å². The molecule has 2 aromatic rings. The fraction of sp³-hybridized carbons (Fsp3) is 0.364. The van der Waals surface area contributed by atoms with Crippen LogP contribution in [0.15, 0.2) is 48.5 Å². The third-order valence-corrected chi connectivity index (χ3v) is 4.38. The van der Waals surface area contributed by atoms with Gasteiger partial charge in [0.2, 0.25) is 0 Å². The molecule has 0 spiro atoms. The first-order chi connectivity index (χ1) is 14.4. The van der Waals surface area contributed by atoms with Crippen LogP contribution < -0.4 is 20.3 Å². The summed E-state index contributed by atoms with van der Waals surface area (Å²) in [5.41, 5.74) is 5.60. The van der Waals surface area contributed by atoms with Crippen molar-refractivity contribution in [3.63, 3.8) is 0 Å². The van der Waals surface area contributed by atoms with Gasteiger partial charge in [0.25, 0.3) is 0 Å². The molecule has 1 atom stereocenters. The highest BCUT2D eigenvalue weighted by molar-refractivity contribution is 5.81. The maximum absolute atomic E-state index is 12.6. The van der Waals surface area contributed by atoms with E-state index in [1.54, 1.807) is 33.1 Å². The van der Waals surface area contributed by atoms with E-state index >= 15 is 0 Å². The Morgan fingerprint density at radius 3 is 2.27 bits per heavy atom. The van der Waals surface area contributed by atoms with Gasteiger partial charge in [-0.25, -0.2) is 15.0 Å². The highest BCUT2D eigenvalue weighted by Crippen LogP contribution is 2.29. The molecule has 0 heterocycles. The number of carbonyl (C=O) groups excluding carboxylic acids is 2. The molecule has 2 rings (SSSR count). The van der Waals surface area contributed by atoms with Crippen molar-refractivity contribution in [3.8, 4) is 11.5 Å². The van der Waals surface area contributed by atoms with E-state index in [9.17, 15) is 9.59 Å². The molecule has 162 valence electrons. The maximum atomic E-state index is 12.6. The van der Waals surface area contributed by atoms with E-state index in [2.05, 4.69) is 10.9 Å². The van der Waals surface area contributed by atoms with E-state index in [0.29, 0.717) is 11.5 Å². The zero-order valence-corrected chi connectivity index (χ0v) is 17.7. The third kappa shape index (κ3) is 6.38. The van der Waals surface area contributed by atoms with E-state index < -0.39 is 17.6 Å². The first-order valence-corrected chi connectivity index (χ1v) is 9.54. The minimum atomic E-state index is -1.23. The first kappa shape index (κ1) is 23.0. The Hall–Kier alpha value is -3.26. The van der Waals surface area contributed by atoms with Gasteiger partial charge in [-0.15, -0.1) is 0 Å². The molecule has 0 saturated carbocycles. The average molecular weight is 416 g/mol. The number of carbonyl (C=O) groups is 2. The van der Waals surface area contributed by atoms with E-state index in [-0.39, 0.29) is 19.6 Å². The first-order valence-electron chi connectivity index (χ1n) is 9.54. The van der Waals surface area contributed by atoms with Crippen molar-refractivity contribution in [1.82, 2.24) is 10.9 Å². The minimum absolute atomic E-state index is 0.111. The van der Waals surface area contributed by atoms with Gasteiger partial charge in [-0.1, -0.05) is 36.4 Å². The van der Waals surface area contributed by atoms with Gasteiger partial charge in [0.15, 0.2) is 11.5 Å². The van der Waals surface area contributed by atoms with Gasteiger partial charge in [0, 0.05) is 6.42 Å². The van der Waals surface area contributed by atoms with Gasteiger partial charge in [-0.2, -0.15) is 0 Å². The number of benzene rings is 2. The van der Waals surface area contributed by atoms with Crippen molar-refractivity contribution < 1.29 is 28.5 Å². The van der Waals surface area contributed by atoms with Gasteiger partial charge < -0.3 is 18.9 Å². The fourth-order valence-electron chi connectivity index (χ4n) is 2.80. The Kier molecular flexibility index (Phi) is 8.49. The van der Waals surface area contributed by atoms with Gasteiger partial charge in [-0.05, 0) is 37.1 Å². The minimum Gasteiger partial charge on any atom is -0.493 e. The normalized spacial score (nSPS) is 12.4. The van der Waals surface area contributed by atoms with Crippen LogP contribution in [0.25, 0.3) is 0 Å². The Bertz CT molecular complexity index is 843. The van der Waals surface area contributed by atoms with Crippen molar-refractivity contribution >= 4 is 12.1 Å². The predicted octanol–water partition coefficient (Wildman–Crippen LogP) is 3.00. The molecule has 0 aliphatic heterocycles. The molecular formula is C22H28N2O6. The lowest BCUT2D eigenvalue weighted by molar-refractivity contribution is -0.150. The molecule has 0 bridgehead atoms. The zero-order valence-electron chi connectivity index (χ0n) is 17.7. The molecule has 30 heavy (non-hydrogen) atoms. The molecule has 0 saturated heterocycles. The number of methoxy groups -OCH3 is 2. The Morgan fingerprint density at radius 2 is 1.63 bits per heavy atom. The summed E-state index contributed by atoms with van der Waals surface area (Å²) in [7, 11) is 3.08. The van der Waals surface area contributed by atoms with Crippen LogP contribution >= 0.6 is 0 Å². The summed E-state index contributed by atoms with van der Waals surface area (Å²) in [4.78, 5) is 24.7. The summed E-state index contributed by atoms with van der Waals surface area (Å²) < 4.78 is 20.9. The van der Waals surface area contributed by atoms with Gasteiger partial charge in [0.1, 0.15) is 12.1 Å². The summed E-state index contributed by atoms with van der Waals surface area (Å²) in [6, 6.07) is 14.6. The molecule has 8 nitrogen and oxygen atoms in total. The number of hydrogen-bond donors (Lipinski definition) is 2. The zero-order chi connectivity index (χ0) is 22.0. The van der Waals surface area contributed by atoms with E-state index in [4.69, 9.17) is 18.9 Å². The fourth-order valence-corrected chi connectivity index (χ4v) is 2.80. The summed E-state index contributed by atoms with van der Waals surface area (Å²) in [6.45, 7) is 3.68. The van der Waals surface area contributed by atoms with Crippen molar-refractivity contribution in [3.05, 3.63) is 59.7 Å². The molecule has 1 amide bonds. The molecule has 0 aliphatic rings. The lowest BCUT2D eigenvalue weighted by Gasteiger charge is -2.28. The highest BCUT2D eigenvalue weighted by atomic mass is 16.6. The monoisotopic (exact) mass is 416 g/mol. The average Bonchev–Trinajstić information content (AvgIpc) is 2.77. The van der Waals surface area contributed by atoms with E-state index in [1.807, 2.05) is 36.4 Å². The number of nitrogens with one attached hydrogen (secondary N) is 2. The Labute approximate surface area is 176 Å². The van der Waals surface area contributed by atoms with Crippen LogP contribution in [0.2, 0.25) is 0 Å². The van der Waals surface area contributed by atoms with E-state index in [1.165, 1.54) is 7.11 Å². The van der Waals surface area contributed by atoms with Crippen LogP contribution in [-0.2, 0) is 27.3 Å². The summed E-state index contributed by atoms with van der Waals surface area (Å²) in [5.74, 6) is 0.606. The number of hydrazine groups is 1. The van der Waals surface area contributed by atoms with Gasteiger partial charge in [0.05, 0.1) is 20.8 Å². The number of esters is 1. The quantitative estimate of drug-likeness (QED) is 0.454. The second-order valence-electron chi connectivity index (χ2n) is 6.73. The van der Waals surface area contributed by atoms with Gasteiger partial charge >= 0.3 is 12.1 Å². The number of rotatable bonds is 10. The number of ether oxygens (including phenoxy) is 4. The SMILES string of the molecule is CCOC(=O)[C@@](C)(Cc1ccc(OC)c(OC)c1)NNC(=O)OCc1ccccc1. The van der Waals surface area contributed by atoms with Crippen molar-refractivity contribution in [1.29, 1.82) is 0 Å². The van der Waals surface area contributed by atoms with Crippen LogP contribution in [-0.4, -0.2) is 38.4 Å². The predicted molar refractivity (Wildman–Crippen MR) is 111 cm³/mol. The Morgan fingerprint density at radius 1 is 0.933 bits per heavy atom. The summed E-state index contributed by atoms with van der Waals surface area (Å²) in [5, 5.41) is 0. The van der Waals surface area contributed by atoms with Crippen molar-refractivity contribution in [2.45, 2.75) is 32.4 Å². The topological polar surface area (TPSA) is 95.1 Å². The third-order valence-electron chi connectivity index (χ3n) is 4.38. The summed E-state index contributed by atoms with van der Waals surface area (Å²) >= 11 is 0. The molecule has 0 fully saturated rings. The van der Waals surface area contributed by atoms with Crippen LogP contribution in [0, 0.1) is 0 Å². The molecular weight excluding hydrogens is 388 g/mol. The largest absolute Gasteiger partial charge is 0.493 e. The standard InChI is InChI=1S/C22H28N2O6/c1-5-29-20(25)22(2,14-17-11-12-18(27-3)19(13-17)28-4)24-23-21(26)30-15-16-9-7-6-8-10-16/h6-13,24H,5,14-15H2,1-4H3,(H,23,26)/t22-/m1/s1. The highest BCUT2D eigenvalue weighted by Gasteiger charge is 2.36. The van der Waals surface area contributed by atoms with Crippen LogP contribution in [0.1, 0.15) is 25.0 Å². The molecule has 8 heteroatoms. The summed E-state index contributed by atoms with van der Waals surface area (Å²) in [6.07, 6.45) is -0.479. The second kappa shape index (κ2) is 11.1. The molecule has 0 radical (unpaired) electrons. The van der Waals surface area contributed by atoms with E-state index in [0.717, 1.165) is 11.1 Å². The van der Waals surface area contributed by atoms with Crippen LogP contribution in [0.3, 0.4) is 0 Å². The molecule has 0 aliphatic carbocycles.